The Labute approximate surface area is 120 Å². The average Bonchev–Trinajstić information content (AvgIpc) is 2.88. The zero-order chi connectivity index (χ0) is 13.9. The number of thioether (sulfide) groups is 1. The highest BCUT2D eigenvalue weighted by atomic mass is 32.2. The summed E-state index contributed by atoms with van der Waals surface area (Å²) in [4.78, 5) is 11.4. The van der Waals surface area contributed by atoms with E-state index in [0.29, 0.717) is 11.3 Å². The lowest BCUT2D eigenvalue weighted by Gasteiger charge is -2.04. The molecule has 3 nitrogen and oxygen atoms in total. The molecule has 1 heterocycles. The summed E-state index contributed by atoms with van der Waals surface area (Å²) in [5.74, 6) is 0.254. The van der Waals surface area contributed by atoms with E-state index >= 15 is 0 Å². The fourth-order valence-corrected chi connectivity index (χ4v) is 2.97. The van der Waals surface area contributed by atoms with Crippen molar-refractivity contribution in [2.45, 2.75) is 10.8 Å². The van der Waals surface area contributed by atoms with Crippen molar-refractivity contribution in [2.75, 3.05) is 0 Å². The normalized spacial score (nSPS) is 10.8. The van der Waals surface area contributed by atoms with Crippen molar-refractivity contribution in [3.05, 3.63) is 65.7 Å². The largest absolute Gasteiger partial charge is 0.450 e. The van der Waals surface area contributed by atoms with Gasteiger partial charge in [-0.05, 0) is 23.8 Å². The Morgan fingerprint density at radius 3 is 2.65 bits per heavy atom. The standard InChI is InChI=1S/C16H13NO2S/c17-16(18)13-7-3-1-6-12(13)10-20-15-9-11-5-2-4-8-14(11)19-15/h1-9H,10H2,(H2,17,18). The summed E-state index contributed by atoms with van der Waals surface area (Å²) in [6.45, 7) is 0. The first-order valence-electron chi connectivity index (χ1n) is 6.23. The first-order chi connectivity index (χ1) is 9.74. The second-order valence-electron chi connectivity index (χ2n) is 4.41. The smallest absolute Gasteiger partial charge is 0.249 e. The number of primary amides is 1. The summed E-state index contributed by atoms with van der Waals surface area (Å²) in [6.07, 6.45) is 0. The molecule has 0 aliphatic rings. The molecule has 0 radical (unpaired) electrons. The minimum Gasteiger partial charge on any atom is -0.450 e. The molecule has 4 heteroatoms. The van der Waals surface area contributed by atoms with Crippen LogP contribution in [0.1, 0.15) is 15.9 Å². The van der Waals surface area contributed by atoms with Crippen LogP contribution in [-0.2, 0) is 5.75 Å². The Bertz CT molecular complexity index is 731. The van der Waals surface area contributed by atoms with Crippen molar-refractivity contribution in [3.8, 4) is 0 Å². The first kappa shape index (κ1) is 12.8. The molecule has 2 aromatic carbocycles. The van der Waals surface area contributed by atoms with E-state index in [9.17, 15) is 4.79 Å². The van der Waals surface area contributed by atoms with Gasteiger partial charge >= 0.3 is 0 Å². The second kappa shape index (κ2) is 5.43. The lowest BCUT2D eigenvalue weighted by molar-refractivity contribution is 0.0999. The van der Waals surface area contributed by atoms with Gasteiger partial charge < -0.3 is 10.2 Å². The van der Waals surface area contributed by atoms with Gasteiger partial charge in [0.25, 0.3) is 0 Å². The summed E-state index contributed by atoms with van der Waals surface area (Å²) in [6, 6.07) is 17.3. The van der Waals surface area contributed by atoms with Gasteiger partial charge in [-0.15, -0.1) is 0 Å². The number of carbonyl (C=O) groups excluding carboxylic acids is 1. The van der Waals surface area contributed by atoms with Crippen LogP contribution in [0.2, 0.25) is 0 Å². The number of nitrogens with two attached hydrogens (primary N) is 1. The topological polar surface area (TPSA) is 56.2 Å². The maximum atomic E-state index is 11.4. The van der Waals surface area contributed by atoms with Crippen LogP contribution < -0.4 is 5.73 Å². The lowest BCUT2D eigenvalue weighted by Crippen LogP contribution is -2.13. The first-order valence-corrected chi connectivity index (χ1v) is 7.22. The number of benzene rings is 2. The third kappa shape index (κ3) is 2.56. The van der Waals surface area contributed by atoms with E-state index in [1.165, 1.54) is 0 Å². The van der Waals surface area contributed by atoms with Crippen LogP contribution in [0.5, 0.6) is 0 Å². The summed E-state index contributed by atoms with van der Waals surface area (Å²) in [5.41, 5.74) is 7.73. The molecule has 1 aromatic heterocycles. The quantitative estimate of drug-likeness (QED) is 0.740. The zero-order valence-corrected chi connectivity index (χ0v) is 11.5. The molecule has 3 rings (SSSR count). The van der Waals surface area contributed by atoms with Gasteiger partial charge in [-0.3, -0.25) is 4.79 Å². The van der Waals surface area contributed by atoms with E-state index < -0.39 is 5.91 Å². The number of carbonyl (C=O) groups is 1. The predicted molar refractivity (Wildman–Crippen MR) is 80.7 cm³/mol. The molecule has 0 bridgehead atoms. The molecule has 0 saturated heterocycles. The monoisotopic (exact) mass is 283 g/mol. The molecule has 0 fully saturated rings. The number of fused-ring (bicyclic) bond motifs is 1. The van der Waals surface area contributed by atoms with Gasteiger partial charge in [0.2, 0.25) is 5.91 Å². The van der Waals surface area contributed by atoms with E-state index in [1.807, 2.05) is 48.5 Å². The maximum Gasteiger partial charge on any atom is 0.249 e. The van der Waals surface area contributed by atoms with Gasteiger partial charge in [0.1, 0.15) is 5.58 Å². The Morgan fingerprint density at radius 2 is 1.85 bits per heavy atom. The lowest BCUT2D eigenvalue weighted by atomic mass is 10.1. The minimum atomic E-state index is -0.397. The van der Waals surface area contributed by atoms with Crippen LogP contribution in [0.15, 0.2) is 64.1 Å². The van der Waals surface area contributed by atoms with Gasteiger partial charge in [0, 0.05) is 16.7 Å². The van der Waals surface area contributed by atoms with Crippen molar-refractivity contribution >= 4 is 28.6 Å². The summed E-state index contributed by atoms with van der Waals surface area (Å²) in [5, 5.41) is 1.92. The van der Waals surface area contributed by atoms with Crippen LogP contribution >= 0.6 is 11.8 Å². The van der Waals surface area contributed by atoms with Crippen molar-refractivity contribution in [3.63, 3.8) is 0 Å². The molecule has 3 aromatic rings. The number of amides is 1. The van der Waals surface area contributed by atoms with E-state index in [-0.39, 0.29) is 0 Å². The summed E-state index contributed by atoms with van der Waals surface area (Å²) < 4.78 is 5.74. The number of hydrogen-bond donors (Lipinski definition) is 1. The third-order valence-electron chi connectivity index (χ3n) is 3.06. The number of para-hydroxylation sites is 1. The molecule has 0 aliphatic carbocycles. The number of furan rings is 1. The Kier molecular flexibility index (Phi) is 3.48. The third-order valence-corrected chi connectivity index (χ3v) is 4.00. The molecule has 0 spiro atoms. The summed E-state index contributed by atoms with van der Waals surface area (Å²) in [7, 11) is 0. The Morgan fingerprint density at radius 1 is 1.10 bits per heavy atom. The van der Waals surface area contributed by atoms with E-state index in [0.717, 1.165) is 21.6 Å². The molecule has 0 saturated carbocycles. The zero-order valence-electron chi connectivity index (χ0n) is 10.7. The Balaban J connectivity index is 1.81. The molecule has 1 amide bonds. The van der Waals surface area contributed by atoms with Crippen molar-refractivity contribution < 1.29 is 9.21 Å². The summed E-state index contributed by atoms with van der Waals surface area (Å²) >= 11 is 1.56. The predicted octanol–water partition coefficient (Wildman–Crippen LogP) is 3.82. The molecular weight excluding hydrogens is 270 g/mol. The van der Waals surface area contributed by atoms with Crippen molar-refractivity contribution in [2.24, 2.45) is 5.73 Å². The number of rotatable bonds is 4. The van der Waals surface area contributed by atoms with Crippen molar-refractivity contribution in [1.82, 2.24) is 0 Å². The van der Waals surface area contributed by atoms with E-state index in [1.54, 1.807) is 17.8 Å². The molecule has 0 atom stereocenters. The van der Waals surface area contributed by atoms with Gasteiger partial charge in [0.15, 0.2) is 5.09 Å². The van der Waals surface area contributed by atoms with Crippen LogP contribution in [0, 0.1) is 0 Å². The molecule has 100 valence electrons. The Hall–Kier alpha value is -2.20. The molecule has 20 heavy (non-hydrogen) atoms. The fourth-order valence-electron chi connectivity index (χ4n) is 2.06. The van der Waals surface area contributed by atoms with Crippen LogP contribution in [0.25, 0.3) is 11.0 Å². The average molecular weight is 283 g/mol. The molecular formula is C16H13NO2S. The second-order valence-corrected chi connectivity index (χ2v) is 5.39. The van der Waals surface area contributed by atoms with Gasteiger partial charge in [-0.25, -0.2) is 0 Å². The van der Waals surface area contributed by atoms with Gasteiger partial charge in [-0.2, -0.15) is 0 Å². The molecule has 0 aliphatic heterocycles. The van der Waals surface area contributed by atoms with E-state index in [4.69, 9.17) is 10.2 Å². The highest BCUT2D eigenvalue weighted by Crippen LogP contribution is 2.29. The minimum absolute atomic E-state index is 0.397. The maximum absolute atomic E-state index is 11.4. The van der Waals surface area contributed by atoms with Crippen LogP contribution in [0.3, 0.4) is 0 Å². The van der Waals surface area contributed by atoms with Crippen molar-refractivity contribution in [1.29, 1.82) is 0 Å². The molecule has 0 unspecified atom stereocenters. The number of hydrogen-bond acceptors (Lipinski definition) is 3. The van der Waals surface area contributed by atoms with Gasteiger partial charge in [0.05, 0.1) is 0 Å². The van der Waals surface area contributed by atoms with Crippen LogP contribution in [0.4, 0.5) is 0 Å². The SMILES string of the molecule is NC(=O)c1ccccc1CSc1cc2ccccc2o1. The highest BCUT2D eigenvalue weighted by Gasteiger charge is 2.09. The van der Waals surface area contributed by atoms with Crippen LogP contribution in [-0.4, -0.2) is 5.91 Å². The van der Waals surface area contributed by atoms with E-state index in [2.05, 4.69) is 0 Å². The fraction of sp³-hybridized carbons (Fsp3) is 0.0625. The highest BCUT2D eigenvalue weighted by molar-refractivity contribution is 7.98. The van der Waals surface area contributed by atoms with Gasteiger partial charge in [-0.1, -0.05) is 48.2 Å². The molecule has 2 N–H and O–H groups in total.